The van der Waals surface area contributed by atoms with E-state index in [0.29, 0.717) is 12.6 Å². The van der Waals surface area contributed by atoms with Gasteiger partial charge in [0, 0.05) is 24.4 Å². The summed E-state index contributed by atoms with van der Waals surface area (Å²) in [7, 11) is 1.73. The maximum atomic E-state index is 5.17. The second kappa shape index (κ2) is 6.46. The van der Waals surface area contributed by atoms with Crippen molar-refractivity contribution in [2.75, 3.05) is 12.4 Å². The van der Waals surface area contributed by atoms with Gasteiger partial charge < -0.3 is 10.1 Å². The summed E-state index contributed by atoms with van der Waals surface area (Å²) in [5.41, 5.74) is 2.42. The van der Waals surface area contributed by atoms with Gasteiger partial charge in [-0.3, -0.25) is 0 Å². The highest BCUT2D eigenvalue weighted by Crippen LogP contribution is 2.17. The zero-order valence-electron chi connectivity index (χ0n) is 9.92. The van der Waals surface area contributed by atoms with E-state index in [1.54, 1.807) is 7.11 Å². The van der Waals surface area contributed by atoms with Gasteiger partial charge in [-0.2, -0.15) is 0 Å². The van der Waals surface area contributed by atoms with Gasteiger partial charge in [0.2, 0.25) is 0 Å². The highest BCUT2D eigenvalue weighted by molar-refractivity contribution is 5.51. The second-order valence-electron chi connectivity index (χ2n) is 3.92. The molecule has 0 saturated carbocycles. The normalized spacial score (nSPS) is 12.5. The molecule has 0 radical (unpaired) electrons. The first-order valence-electron chi connectivity index (χ1n) is 5.61. The Hall–Kier alpha value is -1.02. The van der Waals surface area contributed by atoms with Crippen molar-refractivity contribution in [2.24, 2.45) is 0 Å². The molecule has 2 nitrogen and oxygen atoms in total. The Bertz CT molecular complexity index is 286. The zero-order chi connectivity index (χ0) is 11.1. The molecule has 2 heteroatoms. The number of ether oxygens (including phenoxy) is 1. The first-order chi connectivity index (χ1) is 7.27. The van der Waals surface area contributed by atoms with E-state index >= 15 is 0 Å². The van der Waals surface area contributed by atoms with E-state index < -0.39 is 0 Å². The number of anilines is 1. The minimum absolute atomic E-state index is 0.521. The fraction of sp³-hybridized carbons (Fsp3) is 0.538. The summed E-state index contributed by atoms with van der Waals surface area (Å²) in [5.74, 6) is 0. The summed E-state index contributed by atoms with van der Waals surface area (Å²) in [6.07, 6.45) is 2.40. The third-order valence-electron chi connectivity index (χ3n) is 2.44. The number of nitrogens with one attached hydrogen (secondary N) is 1. The van der Waals surface area contributed by atoms with Crippen LogP contribution in [0.15, 0.2) is 24.3 Å². The largest absolute Gasteiger partial charge is 0.382 e. The summed E-state index contributed by atoms with van der Waals surface area (Å²) in [6.45, 7) is 5.09. The third-order valence-corrected chi connectivity index (χ3v) is 2.44. The molecule has 0 aliphatic heterocycles. The lowest BCUT2D eigenvalue weighted by Gasteiger charge is -2.17. The van der Waals surface area contributed by atoms with Crippen LogP contribution < -0.4 is 5.32 Å². The van der Waals surface area contributed by atoms with Crippen LogP contribution in [0, 0.1) is 0 Å². The van der Waals surface area contributed by atoms with Crippen LogP contribution in [0.3, 0.4) is 0 Å². The van der Waals surface area contributed by atoms with E-state index in [9.17, 15) is 0 Å². The molecule has 0 fully saturated rings. The topological polar surface area (TPSA) is 21.3 Å². The predicted molar refractivity (Wildman–Crippen MR) is 65.1 cm³/mol. The lowest BCUT2D eigenvalue weighted by atomic mass is 10.1. The fourth-order valence-corrected chi connectivity index (χ4v) is 1.71. The molecular weight excluding hydrogens is 186 g/mol. The van der Waals surface area contributed by atoms with Gasteiger partial charge in [0.1, 0.15) is 0 Å². The van der Waals surface area contributed by atoms with Crippen molar-refractivity contribution >= 4 is 5.69 Å². The van der Waals surface area contributed by atoms with Gasteiger partial charge in [0.05, 0.1) is 6.61 Å². The van der Waals surface area contributed by atoms with Crippen LogP contribution in [0.5, 0.6) is 0 Å². The second-order valence-corrected chi connectivity index (χ2v) is 3.92. The Labute approximate surface area is 92.6 Å². The number of hydrogen-bond donors (Lipinski definition) is 1. The highest BCUT2D eigenvalue weighted by Gasteiger charge is 2.04. The molecule has 1 atom stereocenters. The van der Waals surface area contributed by atoms with Crippen LogP contribution in [0.2, 0.25) is 0 Å². The molecule has 0 bridgehead atoms. The van der Waals surface area contributed by atoms with Gasteiger partial charge in [0.15, 0.2) is 0 Å². The van der Waals surface area contributed by atoms with Gasteiger partial charge in [-0.15, -0.1) is 0 Å². The van der Waals surface area contributed by atoms with E-state index in [1.807, 2.05) is 6.07 Å². The van der Waals surface area contributed by atoms with Gasteiger partial charge in [0.25, 0.3) is 0 Å². The molecule has 0 aliphatic carbocycles. The Morgan fingerprint density at radius 3 is 2.73 bits per heavy atom. The van der Waals surface area contributed by atoms with E-state index in [4.69, 9.17) is 4.74 Å². The molecule has 15 heavy (non-hydrogen) atoms. The molecular formula is C13H21NO. The number of methoxy groups -OCH3 is 1. The van der Waals surface area contributed by atoms with Crippen LogP contribution in [0.25, 0.3) is 0 Å². The number of para-hydroxylation sites is 1. The van der Waals surface area contributed by atoms with E-state index in [0.717, 1.165) is 0 Å². The smallest absolute Gasteiger partial charge is 0.0733 e. The Morgan fingerprint density at radius 2 is 2.07 bits per heavy atom. The van der Waals surface area contributed by atoms with Gasteiger partial charge >= 0.3 is 0 Å². The lowest BCUT2D eigenvalue weighted by molar-refractivity contribution is 0.185. The van der Waals surface area contributed by atoms with Crippen molar-refractivity contribution in [3.63, 3.8) is 0 Å². The standard InChI is InChI=1S/C13H21NO/c1-4-7-11(2)14-13-9-6-5-8-12(13)10-15-3/h5-6,8-9,11,14H,4,7,10H2,1-3H3. The summed E-state index contributed by atoms with van der Waals surface area (Å²) < 4.78 is 5.17. The minimum atomic E-state index is 0.521. The maximum absolute atomic E-state index is 5.17. The monoisotopic (exact) mass is 207 g/mol. The van der Waals surface area contributed by atoms with Crippen LogP contribution in [-0.4, -0.2) is 13.2 Å². The van der Waals surface area contributed by atoms with Crippen LogP contribution in [0.4, 0.5) is 5.69 Å². The summed E-state index contributed by atoms with van der Waals surface area (Å²) in [4.78, 5) is 0. The first-order valence-corrected chi connectivity index (χ1v) is 5.61. The SMILES string of the molecule is CCCC(C)Nc1ccccc1COC. The lowest BCUT2D eigenvalue weighted by Crippen LogP contribution is -2.15. The third kappa shape index (κ3) is 3.92. The fourth-order valence-electron chi connectivity index (χ4n) is 1.71. The van der Waals surface area contributed by atoms with Gasteiger partial charge in [-0.05, 0) is 19.4 Å². The van der Waals surface area contributed by atoms with Crippen LogP contribution in [-0.2, 0) is 11.3 Å². The van der Waals surface area contributed by atoms with Crippen LogP contribution in [0.1, 0.15) is 32.3 Å². The van der Waals surface area contributed by atoms with E-state index in [1.165, 1.54) is 24.1 Å². The quantitative estimate of drug-likeness (QED) is 0.771. The molecule has 84 valence electrons. The predicted octanol–water partition coefficient (Wildman–Crippen LogP) is 3.43. The summed E-state index contributed by atoms with van der Waals surface area (Å²) in [5, 5.41) is 3.52. The molecule has 1 unspecified atom stereocenters. The molecule has 1 aromatic carbocycles. The summed E-state index contributed by atoms with van der Waals surface area (Å²) >= 11 is 0. The molecule has 1 rings (SSSR count). The molecule has 0 amide bonds. The Kier molecular flexibility index (Phi) is 5.19. The van der Waals surface area contributed by atoms with Crippen molar-refractivity contribution in [2.45, 2.75) is 39.3 Å². The maximum Gasteiger partial charge on any atom is 0.0733 e. The number of rotatable bonds is 6. The van der Waals surface area contributed by atoms with Crippen molar-refractivity contribution in [1.29, 1.82) is 0 Å². The van der Waals surface area contributed by atoms with Crippen LogP contribution >= 0.6 is 0 Å². The zero-order valence-corrected chi connectivity index (χ0v) is 9.92. The Morgan fingerprint density at radius 1 is 1.33 bits per heavy atom. The van der Waals surface area contributed by atoms with E-state index in [-0.39, 0.29) is 0 Å². The molecule has 1 N–H and O–H groups in total. The van der Waals surface area contributed by atoms with E-state index in [2.05, 4.69) is 37.4 Å². The Balaban J connectivity index is 2.66. The average Bonchev–Trinajstić information content (AvgIpc) is 2.21. The van der Waals surface area contributed by atoms with Gasteiger partial charge in [-0.25, -0.2) is 0 Å². The number of benzene rings is 1. The average molecular weight is 207 g/mol. The molecule has 0 aromatic heterocycles. The first kappa shape index (κ1) is 12.1. The molecule has 0 aliphatic rings. The van der Waals surface area contributed by atoms with Gasteiger partial charge in [-0.1, -0.05) is 31.5 Å². The minimum Gasteiger partial charge on any atom is -0.382 e. The molecule has 0 saturated heterocycles. The van der Waals surface area contributed by atoms with Crippen molar-refractivity contribution in [3.05, 3.63) is 29.8 Å². The van der Waals surface area contributed by atoms with Crippen molar-refractivity contribution < 1.29 is 4.74 Å². The number of hydrogen-bond acceptors (Lipinski definition) is 2. The molecule has 0 spiro atoms. The molecule has 0 heterocycles. The highest BCUT2D eigenvalue weighted by atomic mass is 16.5. The van der Waals surface area contributed by atoms with Crippen molar-refractivity contribution in [3.8, 4) is 0 Å². The molecule has 1 aromatic rings. The summed E-state index contributed by atoms with van der Waals surface area (Å²) in [6, 6.07) is 8.84. The van der Waals surface area contributed by atoms with Crippen molar-refractivity contribution in [1.82, 2.24) is 0 Å².